The summed E-state index contributed by atoms with van der Waals surface area (Å²) in [5, 5.41) is 11.0. The molecule has 0 aromatic rings. The van der Waals surface area contributed by atoms with Gasteiger partial charge in [-0.3, -0.25) is 4.79 Å². The van der Waals surface area contributed by atoms with Crippen LogP contribution in [0, 0.1) is 99.8 Å². The van der Waals surface area contributed by atoms with Crippen LogP contribution in [0.2, 0.25) is 0 Å². The Morgan fingerprint density at radius 2 is 1.26 bits per heavy atom. The fourth-order valence-corrected chi connectivity index (χ4v) is 4.95. The maximum Gasteiger partial charge on any atom is 0.329 e. The molecular formula is C30H34O3S. The van der Waals surface area contributed by atoms with E-state index >= 15 is 0 Å². The quantitative estimate of drug-likeness (QED) is 0.486. The summed E-state index contributed by atoms with van der Waals surface area (Å²) in [6.07, 6.45) is 3.94. The lowest BCUT2D eigenvalue weighted by Gasteiger charge is -2.49. The lowest BCUT2D eigenvalue weighted by atomic mass is 9.59. The van der Waals surface area contributed by atoms with Crippen molar-refractivity contribution in [3.8, 4) is 71.2 Å². The van der Waals surface area contributed by atoms with Crippen molar-refractivity contribution in [3.63, 3.8) is 0 Å². The molecule has 1 aliphatic carbocycles. The minimum absolute atomic E-state index is 0.0384. The van der Waals surface area contributed by atoms with Crippen molar-refractivity contribution in [2.45, 2.75) is 67.4 Å². The molecule has 0 heterocycles. The van der Waals surface area contributed by atoms with E-state index in [-0.39, 0.29) is 40.5 Å². The normalized spacial score (nSPS) is 20.9. The number of hydrogen-bond donors (Lipinski definition) is 1. The van der Waals surface area contributed by atoms with Gasteiger partial charge < -0.3 is 9.84 Å². The largest absolute Gasteiger partial charge is 0.393 e. The molecule has 1 N–H and O–H groups in total. The first kappa shape index (κ1) is 29.2. The lowest BCUT2D eigenvalue weighted by molar-refractivity contribution is -0.133. The fourth-order valence-electron chi connectivity index (χ4n) is 4.00. The Hall–Kier alpha value is -2.86. The Balaban J connectivity index is 2.50. The Morgan fingerprint density at radius 3 is 1.71 bits per heavy atom. The van der Waals surface area contributed by atoms with Gasteiger partial charge in [-0.05, 0) is 83.7 Å². The molecule has 1 aliphatic rings. The number of aliphatic hydroxyl groups excluding tert-OH is 1. The zero-order valence-corrected chi connectivity index (χ0v) is 22.1. The predicted octanol–water partition coefficient (Wildman–Crippen LogP) is 4.36. The van der Waals surface area contributed by atoms with Crippen molar-refractivity contribution in [1.29, 1.82) is 0 Å². The number of aliphatic hydroxyl groups is 1. The number of esters is 1. The average Bonchev–Trinajstić information content (AvgIpc) is 2.73. The van der Waals surface area contributed by atoms with Gasteiger partial charge in [0.25, 0.3) is 0 Å². The number of carbonyl (C=O) groups excluding carboxylic acids is 1. The molecule has 0 bridgehead atoms. The molecule has 0 aromatic carbocycles. The predicted molar refractivity (Wildman–Crippen MR) is 140 cm³/mol. The van der Waals surface area contributed by atoms with Gasteiger partial charge in [0.2, 0.25) is 0 Å². The highest BCUT2D eigenvalue weighted by Gasteiger charge is 2.45. The zero-order chi connectivity index (χ0) is 25.6. The summed E-state index contributed by atoms with van der Waals surface area (Å²) in [5.74, 6) is 29.4. The first-order valence-electron chi connectivity index (χ1n) is 11.3. The molecular weight excluding hydrogens is 440 g/mol. The van der Waals surface area contributed by atoms with Gasteiger partial charge in [-0.1, -0.05) is 47.5 Å². The molecule has 0 aromatic heterocycles. The number of ether oxygens (including phenoxy) is 1. The topological polar surface area (TPSA) is 46.5 Å². The molecule has 2 atom stereocenters. The smallest absolute Gasteiger partial charge is 0.329 e. The van der Waals surface area contributed by atoms with Gasteiger partial charge >= 0.3 is 5.97 Å². The van der Waals surface area contributed by atoms with Crippen LogP contribution < -0.4 is 0 Å². The molecule has 178 valence electrons. The van der Waals surface area contributed by atoms with Gasteiger partial charge in [0, 0.05) is 29.6 Å². The Labute approximate surface area is 211 Å². The summed E-state index contributed by atoms with van der Waals surface area (Å²) in [5.41, 5.74) is 0.0768. The van der Waals surface area contributed by atoms with E-state index in [0.29, 0.717) is 5.92 Å². The molecule has 0 aliphatic heterocycles. The van der Waals surface area contributed by atoms with E-state index in [1.54, 1.807) is 18.7 Å². The van der Waals surface area contributed by atoms with E-state index in [0.717, 1.165) is 18.6 Å². The summed E-state index contributed by atoms with van der Waals surface area (Å²) < 4.78 is 4.91. The molecule has 1 fully saturated rings. The third kappa shape index (κ3) is 11.3. The van der Waals surface area contributed by atoms with E-state index in [2.05, 4.69) is 113 Å². The maximum atomic E-state index is 12.0. The standard InChI is InChI=1S/C30H34O3S/c1-8-9-10-11-12-13-14-15-16-17-18-19-33-27(31)23-34-22-24-20-25(29(2,3)4)28(32)26(21-24)30(5,6)7/h24-26,28,32H,20-23H2,1-7H3. The van der Waals surface area contributed by atoms with Gasteiger partial charge in [-0.25, -0.2) is 0 Å². The van der Waals surface area contributed by atoms with Gasteiger partial charge in [0.1, 0.15) is 6.11 Å². The van der Waals surface area contributed by atoms with Crippen molar-refractivity contribution < 1.29 is 14.6 Å². The number of rotatable bonds is 4. The van der Waals surface area contributed by atoms with E-state index < -0.39 is 0 Å². The molecule has 3 nitrogen and oxygen atoms in total. The highest BCUT2D eigenvalue weighted by molar-refractivity contribution is 7.99. The third-order valence-corrected chi connectivity index (χ3v) is 6.85. The molecule has 2 unspecified atom stereocenters. The van der Waals surface area contributed by atoms with Crippen LogP contribution >= 0.6 is 11.8 Å². The second-order valence-electron chi connectivity index (χ2n) is 10.4. The van der Waals surface area contributed by atoms with Crippen LogP contribution in [0.1, 0.15) is 61.3 Å². The van der Waals surface area contributed by atoms with Crippen molar-refractivity contribution in [3.05, 3.63) is 0 Å². The van der Waals surface area contributed by atoms with Crippen molar-refractivity contribution in [1.82, 2.24) is 0 Å². The maximum absolute atomic E-state index is 12.0. The van der Waals surface area contributed by atoms with Gasteiger partial charge in [0.15, 0.2) is 0 Å². The number of carbonyl (C=O) groups is 1. The summed E-state index contributed by atoms with van der Waals surface area (Å²) in [6, 6.07) is 0. The van der Waals surface area contributed by atoms with E-state index in [4.69, 9.17) is 4.74 Å². The van der Waals surface area contributed by atoms with Crippen molar-refractivity contribution >= 4 is 17.7 Å². The zero-order valence-electron chi connectivity index (χ0n) is 21.3. The number of hydrogen-bond acceptors (Lipinski definition) is 4. The molecule has 1 saturated carbocycles. The fraction of sp³-hybridized carbons (Fsp3) is 0.567. The van der Waals surface area contributed by atoms with Crippen molar-refractivity contribution in [2.75, 3.05) is 11.5 Å². The molecule has 34 heavy (non-hydrogen) atoms. The summed E-state index contributed by atoms with van der Waals surface area (Å²) in [7, 11) is 0. The lowest BCUT2D eigenvalue weighted by Crippen LogP contribution is -2.48. The van der Waals surface area contributed by atoms with Crippen LogP contribution in [0.3, 0.4) is 0 Å². The van der Waals surface area contributed by atoms with E-state index in [1.165, 1.54) is 0 Å². The minimum atomic E-state index is -0.388. The van der Waals surface area contributed by atoms with Gasteiger partial charge in [-0.2, -0.15) is 0 Å². The number of thioether (sulfide) groups is 1. The van der Waals surface area contributed by atoms with Crippen LogP contribution in [0.25, 0.3) is 0 Å². The molecule has 1 rings (SSSR count). The van der Waals surface area contributed by atoms with Crippen LogP contribution in [0.4, 0.5) is 0 Å². The van der Waals surface area contributed by atoms with Crippen LogP contribution in [0.15, 0.2) is 0 Å². The highest BCUT2D eigenvalue weighted by atomic mass is 32.2. The first-order chi connectivity index (χ1) is 16.0. The summed E-state index contributed by atoms with van der Waals surface area (Å²) >= 11 is 1.56. The van der Waals surface area contributed by atoms with Crippen LogP contribution in [0.5, 0.6) is 0 Å². The second kappa shape index (κ2) is 14.4. The average molecular weight is 475 g/mol. The molecule has 4 heteroatoms. The molecule has 0 saturated heterocycles. The van der Waals surface area contributed by atoms with Gasteiger partial charge in [0.05, 0.1) is 11.9 Å². The van der Waals surface area contributed by atoms with Gasteiger partial charge in [-0.15, -0.1) is 11.8 Å². The van der Waals surface area contributed by atoms with Crippen LogP contribution in [-0.2, 0) is 9.53 Å². The first-order valence-corrected chi connectivity index (χ1v) is 12.5. The van der Waals surface area contributed by atoms with Crippen molar-refractivity contribution in [2.24, 2.45) is 28.6 Å². The highest BCUT2D eigenvalue weighted by Crippen LogP contribution is 2.48. The molecule has 0 amide bonds. The van der Waals surface area contributed by atoms with E-state index in [1.807, 2.05) is 0 Å². The molecule has 0 spiro atoms. The Bertz CT molecular complexity index is 1060. The van der Waals surface area contributed by atoms with Crippen LogP contribution in [-0.4, -0.2) is 28.7 Å². The summed E-state index contributed by atoms with van der Waals surface area (Å²) in [4.78, 5) is 12.0. The Kier molecular flexibility index (Phi) is 12.4. The monoisotopic (exact) mass is 474 g/mol. The minimum Gasteiger partial charge on any atom is -0.393 e. The summed E-state index contributed by atoms with van der Waals surface area (Å²) in [6.45, 7) is 14.9. The molecule has 0 radical (unpaired) electrons. The SMILES string of the molecule is CC#CC#CC#CC#CC#CC#COC(=O)CSCC1CC(C(C)(C)C)C(O)C(C(C)(C)C)C1. The Morgan fingerprint density at radius 1 is 0.824 bits per heavy atom. The van der Waals surface area contributed by atoms with E-state index in [9.17, 15) is 9.90 Å². The second-order valence-corrected chi connectivity index (χ2v) is 11.4. The third-order valence-electron chi connectivity index (χ3n) is 5.70.